The van der Waals surface area contributed by atoms with E-state index in [1.165, 1.54) is 15.8 Å². The number of thiophene rings is 1. The van der Waals surface area contributed by atoms with Gasteiger partial charge in [0.25, 0.3) is 0 Å². The fourth-order valence-corrected chi connectivity index (χ4v) is 5.12. The molecule has 2 aromatic carbocycles. The number of benzene rings is 2. The summed E-state index contributed by atoms with van der Waals surface area (Å²) in [5, 5.41) is 4.58. The number of nitrogens with zero attached hydrogens (tertiary/aromatic N) is 2. The second-order valence-corrected chi connectivity index (χ2v) is 9.01. The fourth-order valence-electron chi connectivity index (χ4n) is 4.31. The molecule has 8 heteroatoms. The van der Waals surface area contributed by atoms with E-state index in [1.807, 2.05) is 35.6 Å². The molecular weight excluding hydrogens is 477 g/mol. The molecule has 5 nitrogen and oxygen atoms in total. The van der Waals surface area contributed by atoms with E-state index >= 15 is 0 Å². The first kappa shape index (κ1) is 25.4. The fraction of sp³-hybridized carbons (Fsp3) is 0.320. The van der Waals surface area contributed by atoms with E-state index in [4.69, 9.17) is 4.74 Å². The van der Waals surface area contributed by atoms with Gasteiger partial charge in [0.1, 0.15) is 5.75 Å². The molecule has 0 amide bonds. The molecule has 1 aliphatic rings. The molecule has 0 radical (unpaired) electrons. The minimum Gasteiger partial charge on any atom is -0.494 e. The maximum Gasteiger partial charge on any atom is 0.248 e. The number of nitrogens with one attached hydrogen (secondary N) is 1. The number of rotatable bonds is 7. The minimum absolute atomic E-state index is 0. The molecule has 176 valence electrons. The van der Waals surface area contributed by atoms with Crippen molar-refractivity contribution >= 4 is 62.8 Å². The number of unbranched alkanes of at least 4 members (excludes halogenated alkanes) is 1. The van der Waals surface area contributed by atoms with Crippen LogP contribution < -0.4 is 15.2 Å². The lowest BCUT2D eigenvalue weighted by Crippen LogP contribution is -2.46. The molecule has 0 bridgehead atoms. The van der Waals surface area contributed by atoms with Crippen LogP contribution in [0.5, 0.6) is 5.75 Å². The third-order valence-corrected chi connectivity index (χ3v) is 6.90. The van der Waals surface area contributed by atoms with E-state index in [9.17, 15) is 4.79 Å². The molecule has 1 saturated heterocycles. The molecule has 5 rings (SSSR count). The minimum atomic E-state index is -0.0863. The lowest BCUT2D eigenvalue weighted by Gasteiger charge is -2.36. The largest absolute Gasteiger partial charge is 0.494 e. The van der Waals surface area contributed by atoms with Crippen LogP contribution in [0.3, 0.4) is 0 Å². The van der Waals surface area contributed by atoms with Crippen LogP contribution in [0.1, 0.15) is 12.8 Å². The Hall–Kier alpha value is -2.25. The Morgan fingerprint density at radius 1 is 0.939 bits per heavy atom. The number of H-pyrrole nitrogens is 1. The SMILES string of the molecule is Cl.Cl.O=c1ccc2ccc(OCCCCN3CCN(c4cccc5sccc45)CC3)cc2[nH]1. The highest BCUT2D eigenvalue weighted by Gasteiger charge is 2.18. The molecule has 0 atom stereocenters. The monoisotopic (exact) mass is 505 g/mol. The molecule has 1 aliphatic heterocycles. The van der Waals surface area contributed by atoms with E-state index in [1.54, 1.807) is 6.07 Å². The van der Waals surface area contributed by atoms with Gasteiger partial charge in [-0.3, -0.25) is 9.69 Å². The van der Waals surface area contributed by atoms with Gasteiger partial charge in [-0.15, -0.1) is 36.2 Å². The van der Waals surface area contributed by atoms with Gasteiger partial charge < -0.3 is 14.6 Å². The van der Waals surface area contributed by atoms with Crippen LogP contribution in [-0.4, -0.2) is 49.2 Å². The average molecular weight is 506 g/mol. The highest BCUT2D eigenvalue weighted by Crippen LogP contribution is 2.31. The number of hydrogen-bond acceptors (Lipinski definition) is 5. The van der Waals surface area contributed by atoms with Crippen LogP contribution in [0.15, 0.2) is 64.8 Å². The van der Waals surface area contributed by atoms with Crippen molar-refractivity contribution in [2.45, 2.75) is 12.8 Å². The highest BCUT2D eigenvalue weighted by molar-refractivity contribution is 7.17. The summed E-state index contributed by atoms with van der Waals surface area (Å²) < 4.78 is 7.28. The van der Waals surface area contributed by atoms with Crippen molar-refractivity contribution in [2.75, 3.05) is 44.2 Å². The van der Waals surface area contributed by atoms with Gasteiger partial charge in [-0.05, 0) is 66.6 Å². The van der Waals surface area contributed by atoms with Gasteiger partial charge in [0.2, 0.25) is 5.56 Å². The summed E-state index contributed by atoms with van der Waals surface area (Å²) in [4.78, 5) is 19.4. The normalized spacial score (nSPS) is 14.1. The molecule has 1 fully saturated rings. The summed E-state index contributed by atoms with van der Waals surface area (Å²) in [6, 6.07) is 18.1. The van der Waals surface area contributed by atoms with E-state index < -0.39 is 0 Å². The van der Waals surface area contributed by atoms with Crippen LogP contribution >= 0.6 is 36.2 Å². The molecule has 0 spiro atoms. The summed E-state index contributed by atoms with van der Waals surface area (Å²) in [5.74, 6) is 0.811. The first-order valence-electron chi connectivity index (χ1n) is 11.0. The van der Waals surface area contributed by atoms with Crippen LogP contribution in [0.4, 0.5) is 5.69 Å². The van der Waals surface area contributed by atoms with E-state index in [0.717, 1.165) is 62.2 Å². The molecular formula is C25H29Cl2N3O2S. The number of ether oxygens (including phenoxy) is 1. The number of halogens is 2. The second-order valence-electron chi connectivity index (χ2n) is 8.07. The number of fused-ring (bicyclic) bond motifs is 2. The van der Waals surface area contributed by atoms with Gasteiger partial charge in [0.05, 0.1) is 12.1 Å². The topological polar surface area (TPSA) is 48.6 Å². The number of aromatic nitrogens is 1. The van der Waals surface area contributed by atoms with Gasteiger partial charge in [0, 0.05) is 54.1 Å². The van der Waals surface area contributed by atoms with E-state index in [2.05, 4.69) is 44.4 Å². The molecule has 33 heavy (non-hydrogen) atoms. The predicted octanol–water partition coefficient (Wildman–Crippen LogP) is 5.57. The quantitative estimate of drug-likeness (QED) is 0.333. The first-order valence-corrected chi connectivity index (χ1v) is 11.8. The third-order valence-electron chi connectivity index (χ3n) is 6.02. The smallest absolute Gasteiger partial charge is 0.248 e. The zero-order valence-corrected chi connectivity index (χ0v) is 20.8. The van der Waals surface area contributed by atoms with Crippen molar-refractivity contribution in [3.05, 3.63) is 70.3 Å². The Balaban J connectivity index is 0.00000153. The Labute approximate surface area is 210 Å². The molecule has 3 heterocycles. The summed E-state index contributed by atoms with van der Waals surface area (Å²) in [5.41, 5.74) is 2.11. The Bertz CT molecular complexity index is 1240. The molecule has 0 unspecified atom stereocenters. The van der Waals surface area contributed by atoms with Crippen molar-refractivity contribution in [3.63, 3.8) is 0 Å². The maximum atomic E-state index is 11.5. The van der Waals surface area contributed by atoms with E-state index in [0.29, 0.717) is 6.61 Å². The number of anilines is 1. The van der Waals surface area contributed by atoms with Crippen molar-refractivity contribution in [1.29, 1.82) is 0 Å². The van der Waals surface area contributed by atoms with Crippen LogP contribution in [0.25, 0.3) is 21.0 Å². The van der Waals surface area contributed by atoms with Crippen LogP contribution in [0, 0.1) is 0 Å². The average Bonchev–Trinajstić information content (AvgIpc) is 3.28. The Morgan fingerprint density at radius 3 is 2.61 bits per heavy atom. The number of pyridine rings is 1. The number of aromatic amines is 1. The van der Waals surface area contributed by atoms with Crippen molar-refractivity contribution in [1.82, 2.24) is 9.88 Å². The van der Waals surface area contributed by atoms with Crippen LogP contribution in [-0.2, 0) is 0 Å². The summed E-state index contributed by atoms with van der Waals surface area (Å²) >= 11 is 1.82. The van der Waals surface area contributed by atoms with Gasteiger partial charge >= 0.3 is 0 Å². The first-order chi connectivity index (χ1) is 15.3. The van der Waals surface area contributed by atoms with Crippen molar-refractivity contribution in [3.8, 4) is 5.75 Å². The molecule has 2 aromatic heterocycles. The van der Waals surface area contributed by atoms with Crippen LogP contribution in [0.2, 0.25) is 0 Å². The summed E-state index contributed by atoms with van der Waals surface area (Å²) in [7, 11) is 0. The maximum absolute atomic E-state index is 11.5. The molecule has 0 saturated carbocycles. The molecule has 0 aliphatic carbocycles. The highest BCUT2D eigenvalue weighted by atomic mass is 35.5. The Morgan fingerprint density at radius 2 is 1.76 bits per heavy atom. The standard InChI is InChI=1S/C25H27N3O2S.2ClH/c29-25-9-7-19-6-8-20(18-22(19)26-25)30-16-2-1-11-27-12-14-28(15-13-27)23-4-3-5-24-21(23)10-17-31-24;;/h3-10,17-18H,1-2,11-16H2,(H,26,29);2*1H. The zero-order valence-electron chi connectivity index (χ0n) is 18.4. The predicted molar refractivity (Wildman–Crippen MR) is 144 cm³/mol. The summed E-state index contributed by atoms with van der Waals surface area (Å²) in [6.07, 6.45) is 2.16. The van der Waals surface area contributed by atoms with Crippen molar-refractivity contribution < 1.29 is 4.74 Å². The second kappa shape index (κ2) is 11.7. The lowest BCUT2D eigenvalue weighted by atomic mass is 10.2. The molecule has 1 N–H and O–H groups in total. The lowest BCUT2D eigenvalue weighted by molar-refractivity contribution is 0.239. The molecule has 4 aromatic rings. The van der Waals surface area contributed by atoms with Crippen molar-refractivity contribution in [2.24, 2.45) is 0 Å². The van der Waals surface area contributed by atoms with Gasteiger partial charge in [0.15, 0.2) is 0 Å². The van der Waals surface area contributed by atoms with E-state index in [-0.39, 0.29) is 30.4 Å². The number of piperazine rings is 1. The number of hydrogen-bond donors (Lipinski definition) is 1. The van der Waals surface area contributed by atoms with Gasteiger partial charge in [-0.25, -0.2) is 0 Å². The third kappa shape index (κ3) is 6.01. The van der Waals surface area contributed by atoms with Gasteiger partial charge in [-0.1, -0.05) is 6.07 Å². The van der Waals surface area contributed by atoms with Gasteiger partial charge in [-0.2, -0.15) is 0 Å². The summed E-state index contributed by atoms with van der Waals surface area (Å²) in [6.45, 7) is 6.20. The Kier molecular flexibility index (Phi) is 9.03. The zero-order chi connectivity index (χ0) is 21.0.